The van der Waals surface area contributed by atoms with Crippen molar-refractivity contribution in [3.8, 4) is 11.5 Å². The van der Waals surface area contributed by atoms with Gasteiger partial charge in [0.2, 0.25) is 11.8 Å². The molecule has 0 radical (unpaired) electrons. The minimum absolute atomic E-state index is 0.0136. The first-order valence-corrected chi connectivity index (χ1v) is 11.4. The van der Waals surface area contributed by atoms with Crippen molar-refractivity contribution in [3.05, 3.63) is 59.5 Å². The van der Waals surface area contributed by atoms with Crippen LogP contribution in [0.1, 0.15) is 33.5 Å². The van der Waals surface area contributed by atoms with Gasteiger partial charge in [-0.25, -0.2) is 4.79 Å². The Morgan fingerprint density at radius 3 is 2.37 bits per heavy atom. The summed E-state index contributed by atoms with van der Waals surface area (Å²) in [6.07, 6.45) is 0. The number of nitrogens with one attached hydrogen (secondary N) is 2. The molecule has 3 aromatic rings. The lowest BCUT2D eigenvalue weighted by Crippen LogP contribution is -2.23. The highest BCUT2D eigenvalue weighted by Crippen LogP contribution is 2.27. The van der Waals surface area contributed by atoms with Gasteiger partial charge >= 0.3 is 5.97 Å². The van der Waals surface area contributed by atoms with E-state index in [0.717, 1.165) is 11.8 Å². The van der Waals surface area contributed by atoms with E-state index >= 15 is 0 Å². The number of rotatable bonds is 11. The van der Waals surface area contributed by atoms with Crippen LogP contribution in [0.2, 0.25) is 0 Å². The van der Waals surface area contributed by atoms with Crippen LogP contribution in [0.3, 0.4) is 0 Å². The lowest BCUT2D eigenvalue weighted by molar-refractivity contribution is -0.113. The van der Waals surface area contributed by atoms with Crippen molar-refractivity contribution >= 4 is 35.2 Å². The quantitative estimate of drug-likeness (QED) is 0.298. The number of aromatic nitrogens is 2. The van der Waals surface area contributed by atoms with E-state index in [2.05, 4.69) is 20.8 Å². The first-order valence-electron chi connectivity index (χ1n) is 10.5. The number of anilines is 1. The Balaban J connectivity index is 1.45. The molecule has 0 aliphatic carbocycles. The zero-order valence-electron chi connectivity index (χ0n) is 19.3. The Hall–Kier alpha value is -4.06. The number of thioether (sulfide) groups is 1. The molecule has 0 aliphatic rings. The maximum Gasteiger partial charge on any atom is 0.338 e. The molecule has 0 bridgehead atoms. The summed E-state index contributed by atoms with van der Waals surface area (Å²) < 4.78 is 20.8. The van der Waals surface area contributed by atoms with Crippen LogP contribution in [0.5, 0.6) is 11.5 Å². The second-order valence-electron chi connectivity index (χ2n) is 6.85. The van der Waals surface area contributed by atoms with Crippen LogP contribution in [-0.4, -0.2) is 54.6 Å². The van der Waals surface area contributed by atoms with Gasteiger partial charge in [-0.3, -0.25) is 9.59 Å². The predicted molar refractivity (Wildman–Crippen MR) is 127 cm³/mol. The number of hydrogen-bond donors (Lipinski definition) is 2. The standard InChI is InChI=1S/C23H24N4O7S/c1-4-33-22(30)14-5-8-16(9-6-14)25-19(28)13-35-23-27-26-20(34-23)12-24-21(29)15-7-10-17(31-2)18(11-15)32-3/h5-11H,4,12-13H2,1-3H3,(H,24,29)(H,25,28). The largest absolute Gasteiger partial charge is 0.493 e. The maximum absolute atomic E-state index is 12.4. The van der Waals surface area contributed by atoms with Gasteiger partial charge in [-0.15, -0.1) is 10.2 Å². The topological polar surface area (TPSA) is 142 Å². The Kier molecular flexibility index (Phi) is 9.07. The van der Waals surface area contributed by atoms with Crippen molar-refractivity contribution in [2.75, 3.05) is 31.9 Å². The van der Waals surface area contributed by atoms with Crippen LogP contribution in [-0.2, 0) is 16.1 Å². The molecule has 0 aliphatic heterocycles. The van der Waals surface area contributed by atoms with E-state index in [1.807, 2.05) is 0 Å². The number of methoxy groups -OCH3 is 2. The summed E-state index contributed by atoms with van der Waals surface area (Å²) in [5.74, 6) is 0.0980. The summed E-state index contributed by atoms with van der Waals surface area (Å²) in [4.78, 5) is 36.3. The molecule has 1 aromatic heterocycles. The van der Waals surface area contributed by atoms with Gasteiger partial charge in [0, 0.05) is 11.3 Å². The van der Waals surface area contributed by atoms with Crippen molar-refractivity contribution in [3.63, 3.8) is 0 Å². The SMILES string of the molecule is CCOC(=O)c1ccc(NC(=O)CSc2nnc(CNC(=O)c3ccc(OC)c(OC)c3)o2)cc1. The number of benzene rings is 2. The van der Waals surface area contributed by atoms with Crippen LogP contribution >= 0.6 is 11.8 Å². The zero-order chi connectivity index (χ0) is 25.2. The van der Waals surface area contributed by atoms with E-state index < -0.39 is 5.97 Å². The number of carbonyl (C=O) groups is 3. The highest BCUT2D eigenvalue weighted by atomic mass is 32.2. The van der Waals surface area contributed by atoms with E-state index in [0.29, 0.717) is 28.3 Å². The smallest absolute Gasteiger partial charge is 0.338 e. The number of esters is 1. The Labute approximate surface area is 205 Å². The van der Waals surface area contributed by atoms with E-state index in [1.54, 1.807) is 49.4 Å². The molecule has 0 saturated carbocycles. The average molecular weight is 501 g/mol. The minimum Gasteiger partial charge on any atom is -0.493 e. The molecule has 0 saturated heterocycles. The molecule has 0 fully saturated rings. The third-order valence-electron chi connectivity index (χ3n) is 4.50. The molecule has 2 aromatic carbocycles. The van der Waals surface area contributed by atoms with Crippen molar-refractivity contribution < 1.29 is 33.0 Å². The lowest BCUT2D eigenvalue weighted by Gasteiger charge is -2.09. The van der Waals surface area contributed by atoms with E-state index in [9.17, 15) is 14.4 Å². The highest BCUT2D eigenvalue weighted by molar-refractivity contribution is 7.99. The third-order valence-corrected chi connectivity index (χ3v) is 5.32. The molecule has 2 amide bonds. The summed E-state index contributed by atoms with van der Waals surface area (Å²) in [6, 6.07) is 11.2. The summed E-state index contributed by atoms with van der Waals surface area (Å²) in [5, 5.41) is 13.3. The van der Waals surface area contributed by atoms with Crippen LogP contribution in [0, 0.1) is 0 Å². The molecule has 0 atom stereocenters. The Morgan fingerprint density at radius 1 is 0.971 bits per heavy atom. The number of ether oxygens (including phenoxy) is 3. The third kappa shape index (κ3) is 7.21. The van der Waals surface area contributed by atoms with Gasteiger partial charge in [-0.1, -0.05) is 11.8 Å². The fraction of sp³-hybridized carbons (Fsp3) is 0.261. The molecule has 2 N–H and O–H groups in total. The van der Waals surface area contributed by atoms with Crippen LogP contribution in [0.15, 0.2) is 52.1 Å². The molecule has 1 heterocycles. The maximum atomic E-state index is 12.4. The van der Waals surface area contributed by atoms with Gasteiger partial charge in [0.15, 0.2) is 11.5 Å². The Bertz CT molecular complexity index is 1180. The number of carbonyl (C=O) groups excluding carboxylic acids is 3. The Morgan fingerprint density at radius 2 is 1.69 bits per heavy atom. The van der Waals surface area contributed by atoms with Crippen LogP contribution in [0.4, 0.5) is 5.69 Å². The van der Waals surface area contributed by atoms with Gasteiger partial charge in [0.05, 0.1) is 38.7 Å². The number of amides is 2. The highest BCUT2D eigenvalue weighted by Gasteiger charge is 2.14. The summed E-state index contributed by atoms with van der Waals surface area (Å²) in [5.41, 5.74) is 1.31. The van der Waals surface area contributed by atoms with E-state index in [-0.39, 0.29) is 41.8 Å². The van der Waals surface area contributed by atoms with Gasteiger partial charge in [-0.05, 0) is 49.4 Å². The normalized spacial score (nSPS) is 10.4. The van der Waals surface area contributed by atoms with Gasteiger partial charge < -0.3 is 29.3 Å². The molecule has 3 rings (SSSR count). The van der Waals surface area contributed by atoms with Gasteiger partial charge in [-0.2, -0.15) is 0 Å². The fourth-order valence-electron chi connectivity index (χ4n) is 2.83. The molecular weight excluding hydrogens is 476 g/mol. The van der Waals surface area contributed by atoms with Crippen molar-refractivity contribution in [2.45, 2.75) is 18.7 Å². The molecule has 184 valence electrons. The molecule has 0 spiro atoms. The van der Waals surface area contributed by atoms with E-state index in [1.165, 1.54) is 14.2 Å². The molecule has 12 heteroatoms. The molecule has 35 heavy (non-hydrogen) atoms. The second kappa shape index (κ2) is 12.4. The fourth-order valence-corrected chi connectivity index (χ4v) is 3.41. The van der Waals surface area contributed by atoms with Gasteiger partial charge in [0.25, 0.3) is 11.1 Å². The number of hydrogen-bond acceptors (Lipinski definition) is 10. The van der Waals surface area contributed by atoms with Crippen molar-refractivity contribution in [1.82, 2.24) is 15.5 Å². The molecular formula is C23H24N4O7S. The summed E-state index contributed by atoms with van der Waals surface area (Å²) >= 11 is 1.05. The number of nitrogens with zero attached hydrogens (tertiary/aromatic N) is 2. The van der Waals surface area contributed by atoms with E-state index in [4.69, 9.17) is 18.6 Å². The van der Waals surface area contributed by atoms with Crippen LogP contribution < -0.4 is 20.1 Å². The zero-order valence-corrected chi connectivity index (χ0v) is 20.1. The average Bonchev–Trinajstić information content (AvgIpc) is 3.34. The molecule has 0 unspecified atom stereocenters. The van der Waals surface area contributed by atoms with Crippen LogP contribution in [0.25, 0.3) is 0 Å². The summed E-state index contributed by atoms with van der Waals surface area (Å²) in [7, 11) is 3.00. The van der Waals surface area contributed by atoms with Crippen molar-refractivity contribution in [2.24, 2.45) is 0 Å². The predicted octanol–water partition coefficient (Wildman–Crippen LogP) is 2.92. The molecule has 11 nitrogen and oxygen atoms in total. The minimum atomic E-state index is -0.423. The monoisotopic (exact) mass is 500 g/mol. The lowest BCUT2D eigenvalue weighted by atomic mass is 10.2. The summed E-state index contributed by atoms with van der Waals surface area (Å²) in [6.45, 7) is 2.03. The van der Waals surface area contributed by atoms with Gasteiger partial charge in [0.1, 0.15) is 0 Å². The first-order chi connectivity index (χ1) is 16.9. The van der Waals surface area contributed by atoms with Crippen molar-refractivity contribution in [1.29, 1.82) is 0 Å². The first kappa shape index (κ1) is 25.6. The second-order valence-corrected chi connectivity index (χ2v) is 7.78.